The number of benzene rings is 3. The number of hydrogen-bond donors (Lipinski definition) is 6. The predicted molar refractivity (Wildman–Crippen MR) is 140 cm³/mol. The van der Waals surface area contributed by atoms with E-state index in [-0.39, 0.29) is 5.75 Å². The number of phenols is 1. The third kappa shape index (κ3) is 16.0. The monoisotopic (exact) mass is 432 g/mol. The van der Waals surface area contributed by atoms with Gasteiger partial charge in [-0.15, -0.1) is 12.6 Å². The molecule has 3 aromatic carbocycles. The fourth-order valence-electron chi connectivity index (χ4n) is 1.49. The van der Waals surface area contributed by atoms with Gasteiger partial charge in [0, 0.05) is 10.6 Å². The van der Waals surface area contributed by atoms with Crippen LogP contribution in [0.2, 0.25) is 0 Å². The third-order valence-electron chi connectivity index (χ3n) is 2.87. The summed E-state index contributed by atoms with van der Waals surface area (Å²) in [4.78, 5) is 0.840. The average molecular weight is 433 g/mol. The van der Waals surface area contributed by atoms with Crippen molar-refractivity contribution in [3.05, 3.63) is 72.8 Å². The normalized spacial score (nSPS) is 7.83. The quantitative estimate of drug-likeness (QED) is 0.138. The van der Waals surface area contributed by atoms with Crippen LogP contribution in [0.5, 0.6) is 5.75 Å². The molecule has 9 N–H and O–H groups in total. The van der Waals surface area contributed by atoms with E-state index in [1.54, 1.807) is 36.4 Å². The van der Waals surface area contributed by atoms with Gasteiger partial charge in [0.25, 0.3) is 0 Å². The molecule has 6 heteroatoms. The summed E-state index contributed by atoms with van der Waals surface area (Å²) in [5, 5.41) is 8.79. The lowest BCUT2D eigenvalue weighted by molar-refractivity contribution is 0.478. The highest BCUT2D eigenvalue weighted by molar-refractivity contribution is 7.80. The summed E-state index contributed by atoms with van der Waals surface area (Å²) in [6, 6.07) is 21.4. The first kappa shape index (κ1) is 31.7. The van der Waals surface area contributed by atoms with Gasteiger partial charge in [0.2, 0.25) is 0 Å². The van der Waals surface area contributed by atoms with Gasteiger partial charge in [-0.2, -0.15) is 0 Å². The molecule has 0 fully saturated rings. The number of nitrogen functional groups attached to an aromatic ring is 4. The Hall–Kier alpha value is -2.99. The molecule has 0 heterocycles. The first-order valence-corrected chi connectivity index (χ1v) is 10.5. The first-order chi connectivity index (χ1) is 14.4. The molecule has 0 unspecified atom stereocenters. The molecular formula is C24H40N4OS. The highest BCUT2D eigenvalue weighted by Gasteiger charge is 1.88. The Labute approximate surface area is 188 Å². The van der Waals surface area contributed by atoms with Gasteiger partial charge in [0.15, 0.2) is 0 Å². The second-order valence-corrected chi connectivity index (χ2v) is 5.23. The van der Waals surface area contributed by atoms with Crippen LogP contribution in [0, 0.1) is 0 Å². The van der Waals surface area contributed by atoms with Gasteiger partial charge in [-0.05, 0) is 36.4 Å². The van der Waals surface area contributed by atoms with Crippen LogP contribution in [0.1, 0.15) is 41.5 Å². The zero-order valence-corrected chi connectivity index (χ0v) is 20.0. The fourth-order valence-corrected chi connectivity index (χ4v) is 1.65. The van der Waals surface area contributed by atoms with Crippen molar-refractivity contribution in [3.8, 4) is 5.75 Å². The lowest BCUT2D eigenvalue weighted by atomic mass is 10.3. The van der Waals surface area contributed by atoms with Gasteiger partial charge in [-0.25, -0.2) is 0 Å². The maximum atomic E-state index is 8.79. The van der Waals surface area contributed by atoms with E-state index in [0.29, 0.717) is 17.1 Å². The van der Waals surface area contributed by atoms with Crippen LogP contribution in [0.25, 0.3) is 0 Å². The van der Waals surface area contributed by atoms with Gasteiger partial charge in [-0.3, -0.25) is 0 Å². The zero-order valence-electron chi connectivity index (χ0n) is 19.1. The van der Waals surface area contributed by atoms with Crippen molar-refractivity contribution in [1.82, 2.24) is 0 Å². The lowest BCUT2D eigenvalue weighted by Crippen LogP contribution is -1.91. The summed E-state index contributed by atoms with van der Waals surface area (Å²) >= 11 is 4.07. The molecule has 0 radical (unpaired) electrons. The van der Waals surface area contributed by atoms with E-state index in [4.69, 9.17) is 28.0 Å². The van der Waals surface area contributed by atoms with E-state index in [1.165, 1.54) is 0 Å². The molecule has 0 atom stereocenters. The summed E-state index contributed by atoms with van der Waals surface area (Å²) in [6.07, 6.45) is 0. The van der Waals surface area contributed by atoms with E-state index >= 15 is 0 Å². The maximum Gasteiger partial charge on any atom is 0.138 e. The van der Waals surface area contributed by atoms with Crippen molar-refractivity contribution in [1.29, 1.82) is 0 Å². The molecule has 0 saturated heterocycles. The molecule has 30 heavy (non-hydrogen) atoms. The molecule has 0 aliphatic rings. The molecule has 0 saturated carbocycles. The van der Waals surface area contributed by atoms with Crippen LogP contribution in [0.3, 0.4) is 0 Å². The zero-order chi connectivity index (χ0) is 23.9. The Morgan fingerprint density at radius 3 is 1.00 bits per heavy atom. The Morgan fingerprint density at radius 1 is 0.500 bits per heavy atom. The molecule has 0 aliphatic carbocycles. The smallest absolute Gasteiger partial charge is 0.138 e. The highest BCUT2D eigenvalue weighted by atomic mass is 32.1. The van der Waals surface area contributed by atoms with Gasteiger partial charge in [0.1, 0.15) is 5.75 Å². The minimum atomic E-state index is 0.146. The molecule has 168 valence electrons. The number of thiol groups is 1. The van der Waals surface area contributed by atoms with Gasteiger partial charge in [-0.1, -0.05) is 77.9 Å². The Morgan fingerprint density at radius 2 is 0.800 bits per heavy atom. The summed E-state index contributed by atoms with van der Waals surface area (Å²) in [5.41, 5.74) is 24.0. The number of nitrogens with two attached hydrogens (primary N) is 4. The molecular weight excluding hydrogens is 392 g/mol. The summed E-state index contributed by atoms with van der Waals surface area (Å²) in [6.45, 7) is 12.0. The van der Waals surface area contributed by atoms with Crippen molar-refractivity contribution in [2.24, 2.45) is 0 Å². The van der Waals surface area contributed by atoms with E-state index in [1.807, 2.05) is 77.9 Å². The highest BCUT2D eigenvalue weighted by Crippen LogP contribution is 2.16. The van der Waals surface area contributed by atoms with Crippen molar-refractivity contribution in [2.75, 3.05) is 22.9 Å². The first-order valence-electron chi connectivity index (χ1n) is 10.1. The number of phenolic OH excluding ortho intramolecular Hbond substituents is 1. The molecule has 0 aliphatic heterocycles. The second-order valence-electron chi connectivity index (χ2n) is 4.75. The average Bonchev–Trinajstić information content (AvgIpc) is 2.80. The van der Waals surface area contributed by atoms with Crippen molar-refractivity contribution in [2.45, 2.75) is 46.4 Å². The molecule has 5 nitrogen and oxygen atoms in total. The topological polar surface area (TPSA) is 124 Å². The SMILES string of the molecule is CC.CC.CC.Nc1ccccc1N.Nc1ccccc1O.Nc1ccccc1S. The fraction of sp³-hybridized carbons (Fsp3) is 0.250. The number of para-hydroxylation sites is 5. The minimum absolute atomic E-state index is 0.146. The van der Waals surface area contributed by atoms with Gasteiger partial charge < -0.3 is 28.0 Å². The summed E-state index contributed by atoms with van der Waals surface area (Å²) < 4.78 is 0. The van der Waals surface area contributed by atoms with Crippen LogP contribution in [-0.4, -0.2) is 5.11 Å². The molecule has 0 amide bonds. The van der Waals surface area contributed by atoms with Crippen LogP contribution in [0.15, 0.2) is 77.7 Å². The number of rotatable bonds is 0. The van der Waals surface area contributed by atoms with Crippen molar-refractivity contribution >= 4 is 35.4 Å². The van der Waals surface area contributed by atoms with Crippen LogP contribution >= 0.6 is 12.6 Å². The Bertz CT molecular complexity index is 601. The Balaban J connectivity index is -0.000000323. The van der Waals surface area contributed by atoms with Gasteiger partial charge >= 0.3 is 0 Å². The molecule has 0 spiro atoms. The largest absolute Gasteiger partial charge is 0.506 e. The number of anilines is 4. The molecule has 0 aromatic heterocycles. The Kier molecular flexibility index (Phi) is 23.6. The maximum absolute atomic E-state index is 8.79. The van der Waals surface area contributed by atoms with E-state index < -0.39 is 0 Å². The summed E-state index contributed by atoms with van der Waals surface area (Å²) in [5.74, 6) is 0.146. The van der Waals surface area contributed by atoms with Gasteiger partial charge in [0.05, 0.1) is 17.1 Å². The van der Waals surface area contributed by atoms with Crippen LogP contribution < -0.4 is 22.9 Å². The van der Waals surface area contributed by atoms with E-state index in [2.05, 4.69) is 12.6 Å². The van der Waals surface area contributed by atoms with Crippen LogP contribution in [-0.2, 0) is 0 Å². The molecule has 0 bridgehead atoms. The van der Waals surface area contributed by atoms with Crippen molar-refractivity contribution < 1.29 is 5.11 Å². The second kappa shape index (κ2) is 22.3. The third-order valence-corrected chi connectivity index (χ3v) is 3.28. The lowest BCUT2D eigenvalue weighted by Gasteiger charge is -1.94. The summed E-state index contributed by atoms with van der Waals surface area (Å²) in [7, 11) is 0. The van der Waals surface area contributed by atoms with E-state index in [0.717, 1.165) is 10.6 Å². The van der Waals surface area contributed by atoms with Crippen LogP contribution in [0.4, 0.5) is 22.7 Å². The molecule has 3 rings (SSSR count). The predicted octanol–water partition coefficient (Wildman–Crippen LogP) is 6.46. The standard InChI is InChI=1S/C6H8N2.C6H7NO.C6H7NS.3C2H6/c3*7-5-3-1-2-4-6(5)8;3*1-2/h1-4H,7-8H2;2*1-4,8H,7H2;3*1-2H3. The number of hydrogen-bond acceptors (Lipinski definition) is 6. The van der Waals surface area contributed by atoms with E-state index in [9.17, 15) is 0 Å². The number of aromatic hydroxyl groups is 1. The molecule has 3 aromatic rings. The van der Waals surface area contributed by atoms with Crippen molar-refractivity contribution in [3.63, 3.8) is 0 Å². The minimum Gasteiger partial charge on any atom is -0.506 e.